The molecule has 21 heavy (non-hydrogen) atoms. The second-order valence-electron chi connectivity index (χ2n) is 7.15. The molecule has 1 heterocycles. The first-order valence-corrected chi connectivity index (χ1v) is 8.56. The van der Waals surface area contributed by atoms with Gasteiger partial charge in [-0.25, -0.2) is 9.78 Å². The molecule has 1 N–H and O–H groups in total. The van der Waals surface area contributed by atoms with Crippen molar-refractivity contribution < 1.29 is 9.90 Å². The van der Waals surface area contributed by atoms with Crippen LogP contribution in [0.5, 0.6) is 0 Å². The highest BCUT2D eigenvalue weighted by atomic mass is 32.2. The molecule has 1 fully saturated rings. The quantitative estimate of drug-likeness (QED) is 0.875. The van der Waals surface area contributed by atoms with E-state index in [9.17, 15) is 9.90 Å². The summed E-state index contributed by atoms with van der Waals surface area (Å²) in [6.07, 6.45) is 4.99. The van der Waals surface area contributed by atoms with Gasteiger partial charge in [-0.15, -0.1) is 11.8 Å². The van der Waals surface area contributed by atoms with E-state index in [1.165, 1.54) is 25.7 Å². The number of pyridine rings is 1. The van der Waals surface area contributed by atoms with E-state index in [2.05, 4.69) is 27.7 Å². The smallest absolute Gasteiger partial charge is 0.335 e. The number of aromatic nitrogens is 1. The highest BCUT2D eigenvalue weighted by Crippen LogP contribution is 2.36. The zero-order chi connectivity index (χ0) is 15.6. The average molecular weight is 307 g/mol. The number of carboxylic acids is 1. The van der Waals surface area contributed by atoms with E-state index in [0.29, 0.717) is 10.8 Å². The first kappa shape index (κ1) is 16.3. The summed E-state index contributed by atoms with van der Waals surface area (Å²) in [5, 5.41) is 10.7. The second kappa shape index (κ2) is 6.39. The van der Waals surface area contributed by atoms with Crippen LogP contribution in [0.25, 0.3) is 0 Å². The van der Waals surface area contributed by atoms with Crippen molar-refractivity contribution in [2.45, 2.75) is 69.1 Å². The maximum atomic E-state index is 11.3. The van der Waals surface area contributed by atoms with Crippen molar-refractivity contribution in [2.75, 3.05) is 0 Å². The van der Waals surface area contributed by atoms with Crippen LogP contribution >= 0.6 is 11.8 Å². The van der Waals surface area contributed by atoms with Gasteiger partial charge in [-0.1, -0.05) is 40.5 Å². The summed E-state index contributed by atoms with van der Waals surface area (Å²) in [5.41, 5.74) is 1.07. The van der Waals surface area contributed by atoms with Crippen molar-refractivity contribution in [2.24, 2.45) is 5.92 Å². The van der Waals surface area contributed by atoms with E-state index in [1.807, 2.05) is 0 Å². The number of thioether (sulfide) groups is 1. The third-order valence-corrected chi connectivity index (χ3v) is 5.21. The van der Waals surface area contributed by atoms with E-state index in [-0.39, 0.29) is 5.41 Å². The molecule has 2 unspecified atom stereocenters. The normalized spacial score (nSPS) is 23.0. The Morgan fingerprint density at radius 1 is 1.33 bits per heavy atom. The van der Waals surface area contributed by atoms with E-state index < -0.39 is 5.97 Å². The molecule has 0 radical (unpaired) electrons. The minimum Gasteiger partial charge on any atom is -0.478 e. The molecule has 0 aromatic carbocycles. The van der Waals surface area contributed by atoms with Crippen LogP contribution in [0.15, 0.2) is 17.2 Å². The Bertz CT molecular complexity index is 522. The van der Waals surface area contributed by atoms with E-state index >= 15 is 0 Å². The molecule has 0 bridgehead atoms. The Kier molecular flexibility index (Phi) is 4.97. The second-order valence-corrected chi connectivity index (χ2v) is 8.47. The molecular weight excluding hydrogens is 282 g/mol. The van der Waals surface area contributed by atoms with E-state index in [1.54, 1.807) is 23.9 Å². The summed E-state index contributed by atoms with van der Waals surface area (Å²) in [5.74, 6) is -0.109. The van der Waals surface area contributed by atoms with Gasteiger partial charge in [0.25, 0.3) is 0 Å². The van der Waals surface area contributed by atoms with Crippen molar-refractivity contribution >= 4 is 17.7 Å². The van der Waals surface area contributed by atoms with Crippen LogP contribution in [-0.4, -0.2) is 21.3 Å². The fraction of sp³-hybridized carbons (Fsp3) is 0.647. The summed E-state index contributed by atoms with van der Waals surface area (Å²) < 4.78 is 0. The molecule has 0 amide bonds. The molecular formula is C17H25NO2S. The predicted molar refractivity (Wildman–Crippen MR) is 87.2 cm³/mol. The third kappa shape index (κ3) is 4.47. The molecule has 1 saturated carbocycles. The summed E-state index contributed by atoms with van der Waals surface area (Å²) in [4.78, 5) is 16.0. The van der Waals surface area contributed by atoms with Crippen LogP contribution in [0.1, 0.15) is 69.4 Å². The van der Waals surface area contributed by atoms with Crippen LogP contribution < -0.4 is 0 Å². The molecule has 3 nitrogen and oxygen atoms in total. The lowest BCUT2D eigenvalue weighted by molar-refractivity contribution is 0.0696. The summed E-state index contributed by atoms with van der Waals surface area (Å²) in [6.45, 7) is 8.50. The van der Waals surface area contributed by atoms with E-state index in [4.69, 9.17) is 4.98 Å². The molecule has 1 aliphatic rings. The fourth-order valence-corrected chi connectivity index (χ4v) is 4.13. The zero-order valence-electron chi connectivity index (χ0n) is 13.3. The monoisotopic (exact) mass is 307 g/mol. The van der Waals surface area contributed by atoms with Gasteiger partial charge in [-0.05, 0) is 30.9 Å². The van der Waals surface area contributed by atoms with E-state index in [0.717, 1.165) is 16.6 Å². The highest BCUT2D eigenvalue weighted by molar-refractivity contribution is 7.99. The highest BCUT2D eigenvalue weighted by Gasteiger charge is 2.23. The van der Waals surface area contributed by atoms with Gasteiger partial charge in [0, 0.05) is 16.4 Å². The van der Waals surface area contributed by atoms with Gasteiger partial charge in [0.05, 0.1) is 10.6 Å². The Labute approximate surface area is 131 Å². The number of hydrogen-bond donors (Lipinski definition) is 1. The van der Waals surface area contributed by atoms with Crippen molar-refractivity contribution in [3.63, 3.8) is 0 Å². The Morgan fingerprint density at radius 3 is 2.62 bits per heavy atom. The molecule has 2 rings (SSSR count). The predicted octanol–water partition coefficient (Wildman–Crippen LogP) is 4.75. The number of carboxylic acid groups (broad SMARTS) is 1. The molecule has 4 heteroatoms. The van der Waals surface area contributed by atoms with Gasteiger partial charge in [-0.2, -0.15) is 0 Å². The van der Waals surface area contributed by atoms with Crippen LogP contribution in [0.3, 0.4) is 0 Å². The molecule has 0 saturated heterocycles. The van der Waals surface area contributed by atoms with Crippen LogP contribution in [0.2, 0.25) is 0 Å². The summed E-state index contributed by atoms with van der Waals surface area (Å²) in [7, 11) is 0. The van der Waals surface area contributed by atoms with Gasteiger partial charge in [0.1, 0.15) is 0 Å². The maximum absolute atomic E-state index is 11.3. The average Bonchev–Trinajstić information content (AvgIpc) is 2.37. The van der Waals surface area contributed by atoms with Crippen molar-refractivity contribution in [3.8, 4) is 0 Å². The number of nitrogens with zero attached hydrogens (tertiary/aromatic N) is 1. The number of aromatic carboxylic acids is 1. The summed E-state index contributed by atoms with van der Waals surface area (Å²) in [6, 6.07) is 3.43. The number of hydrogen-bond acceptors (Lipinski definition) is 3. The van der Waals surface area contributed by atoms with Crippen LogP contribution in [-0.2, 0) is 5.41 Å². The van der Waals surface area contributed by atoms with Crippen LogP contribution in [0, 0.1) is 5.92 Å². The minimum atomic E-state index is -0.873. The fourth-order valence-electron chi connectivity index (χ4n) is 2.73. The van der Waals surface area contributed by atoms with Gasteiger partial charge in [0.2, 0.25) is 0 Å². The topological polar surface area (TPSA) is 50.2 Å². The minimum absolute atomic E-state index is 0.138. The maximum Gasteiger partial charge on any atom is 0.335 e. The number of carbonyl (C=O) groups is 1. The first-order chi connectivity index (χ1) is 9.75. The molecule has 0 aliphatic heterocycles. The lowest BCUT2D eigenvalue weighted by Crippen LogP contribution is -2.17. The molecule has 2 atom stereocenters. The third-order valence-electron chi connectivity index (χ3n) is 3.99. The molecule has 1 aromatic heterocycles. The van der Waals surface area contributed by atoms with Crippen molar-refractivity contribution in [1.29, 1.82) is 0 Å². The molecule has 0 spiro atoms. The van der Waals surface area contributed by atoms with Gasteiger partial charge in [-0.3, -0.25) is 0 Å². The number of rotatable bonds is 3. The lowest BCUT2D eigenvalue weighted by Gasteiger charge is -2.26. The molecule has 116 valence electrons. The summed E-state index contributed by atoms with van der Waals surface area (Å²) >= 11 is 1.76. The van der Waals surface area contributed by atoms with Gasteiger partial charge < -0.3 is 5.11 Å². The molecule has 1 aromatic rings. The lowest BCUT2D eigenvalue weighted by atomic mass is 9.90. The standard InChI is InChI=1S/C17H25NO2S/c1-11-6-5-7-13(8-11)21-15-10-12(16(19)20)9-14(18-15)17(2,3)4/h9-11,13H,5-8H2,1-4H3,(H,19,20). The Morgan fingerprint density at radius 2 is 2.05 bits per heavy atom. The molecule has 1 aliphatic carbocycles. The van der Waals surface area contributed by atoms with Crippen molar-refractivity contribution in [3.05, 3.63) is 23.4 Å². The van der Waals surface area contributed by atoms with Crippen molar-refractivity contribution in [1.82, 2.24) is 4.98 Å². The zero-order valence-corrected chi connectivity index (χ0v) is 14.2. The van der Waals surface area contributed by atoms with Gasteiger partial charge in [0.15, 0.2) is 0 Å². The van der Waals surface area contributed by atoms with Gasteiger partial charge >= 0.3 is 5.97 Å². The van der Waals surface area contributed by atoms with Crippen LogP contribution in [0.4, 0.5) is 0 Å². The largest absolute Gasteiger partial charge is 0.478 e. The SMILES string of the molecule is CC1CCCC(Sc2cc(C(=O)O)cc(C(C)(C)C)n2)C1. The Hall–Kier alpha value is -1.03. The first-order valence-electron chi connectivity index (χ1n) is 7.68. The Balaban J connectivity index is 2.25.